The highest BCUT2D eigenvalue weighted by Crippen LogP contribution is 2.28. The van der Waals surface area contributed by atoms with Gasteiger partial charge in [0.2, 0.25) is 0 Å². The molecule has 2 aromatic carbocycles. The maximum absolute atomic E-state index is 12.6. The molecule has 138 valence electrons. The Morgan fingerprint density at radius 3 is 2.50 bits per heavy atom. The smallest absolute Gasteiger partial charge is 0.270 e. The molecule has 0 bridgehead atoms. The van der Waals surface area contributed by atoms with E-state index in [-0.39, 0.29) is 5.91 Å². The van der Waals surface area contributed by atoms with Crippen LogP contribution in [-0.4, -0.2) is 23.0 Å². The number of carbonyl (C=O) groups excluding carboxylic acids is 1. The first-order chi connectivity index (χ1) is 13.7. The summed E-state index contributed by atoms with van der Waals surface area (Å²) in [6.07, 6.45) is 3.52. The molecule has 1 N–H and O–H groups in total. The molecule has 0 radical (unpaired) electrons. The Hall–Kier alpha value is -3.73. The van der Waals surface area contributed by atoms with Gasteiger partial charge in [-0.05, 0) is 35.4 Å². The van der Waals surface area contributed by atoms with E-state index in [9.17, 15) is 4.79 Å². The summed E-state index contributed by atoms with van der Waals surface area (Å²) in [4.78, 5) is 21.5. The van der Waals surface area contributed by atoms with Crippen LogP contribution in [0.2, 0.25) is 0 Å². The van der Waals surface area contributed by atoms with Crippen molar-refractivity contribution in [3.8, 4) is 16.9 Å². The summed E-state index contributed by atoms with van der Waals surface area (Å²) in [6.45, 7) is 0.459. The van der Waals surface area contributed by atoms with Crippen molar-refractivity contribution in [1.29, 1.82) is 0 Å². The highest BCUT2D eigenvalue weighted by Gasteiger charge is 2.12. The van der Waals surface area contributed by atoms with Crippen molar-refractivity contribution in [3.63, 3.8) is 0 Å². The molecular weight excluding hydrogens is 350 g/mol. The molecule has 4 rings (SSSR count). The molecule has 2 heterocycles. The van der Waals surface area contributed by atoms with Crippen LogP contribution in [0.1, 0.15) is 16.1 Å². The first kappa shape index (κ1) is 17.7. The molecule has 1 amide bonds. The Kier molecular flexibility index (Phi) is 4.97. The number of amides is 1. The van der Waals surface area contributed by atoms with Crippen molar-refractivity contribution in [2.45, 2.75) is 6.54 Å². The van der Waals surface area contributed by atoms with Gasteiger partial charge in [0, 0.05) is 29.9 Å². The molecule has 0 aliphatic heterocycles. The first-order valence-corrected chi connectivity index (χ1v) is 8.96. The maximum Gasteiger partial charge on any atom is 0.270 e. The molecule has 0 saturated heterocycles. The van der Waals surface area contributed by atoms with E-state index in [0.717, 1.165) is 33.3 Å². The Bertz CT molecular complexity index is 1110. The fourth-order valence-corrected chi connectivity index (χ4v) is 3.02. The number of rotatable bonds is 5. The van der Waals surface area contributed by atoms with Crippen LogP contribution in [-0.2, 0) is 6.54 Å². The van der Waals surface area contributed by atoms with Crippen LogP contribution in [0.15, 0.2) is 79.1 Å². The van der Waals surface area contributed by atoms with E-state index in [2.05, 4.69) is 15.3 Å². The predicted octanol–water partition coefficient (Wildman–Crippen LogP) is 4.24. The first-order valence-electron chi connectivity index (χ1n) is 8.96. The van der Waals surface area contributed by atoms with Crippen molar-refractivity contribution < 1.29 is 9.53 Å². The Balaban J connectivity index is 1.64. The van der Waals surface area contributed by atoms with Gasteiger partial charge in [0.25, 0.3) is 5.91 Å². The average Bonchev–Trinajstić information content (AvgIpc) is 2.77. The number of hydrogen-bond donors (Lipinski definition) is 1. The lowest BCUT2D eigenvalue weighted by atomic mass is 10.0. The van der Waals surface area contributed by atoms with Gasteiger partial charge in [0.05, 0.1) is 12.6 Å². The number of ether oxygens (including phenoxy) is 1. The lowest BCUT2D eigenvalue weighted by Crippen LogP contribution is -2.23. The molecule has 0 saturated carbocycles. The van der Waals surface area contributed by atoms with E-state index in [1.165, 1.54) is 0 Å². The Labute approximate surface area is 163 Å². The van der Waals surface area contributed by atoms with Gasteiger partial charge < -0.3 is 10.1 Å². The van der Waals surface area contributed by atoms with Crippen LogP contribution >= 0.6 is 0 Å². The van der Waals surface area contributed by atoms with Crippen molar-refractivity contribution in [3.05, 3.63) is 90.4 Å². The molecule has 0 unspecified atom stereocenters. The van der Waals surface area contributed by atoms with Crippen LogP contribution in [0.4, 0.5) is 0 Å². The van der Waals surface area contributed by atoms with Crippen LogP contribution in [0.3, 0.4) is 0 Å². The van der Waals surface area contributed by atoms with Crippen LogP contribution in [0.5, 0.6) is 5.75 Å². The Morgan fingerprint density at radius 2 is 1.75 bits per heavy atom. The highest BCUT2D eigenvalue weighted by molar-refractivity contribution is 5.98. The largest absolute Gasteiger partial charge is 0.497 e. The van der Waals surface area contributed by atoms with E-state index in [1.54, 1.807) is 25.6 Å². The molecular formula is C23H19N3O2. The number of hydrogen-bond acceptors (Lipinski definition) is 4. The van der Waals surface area contributed by atoms with E-state index in [1.807, 2.05) is 60.7 Å². The molecule has 2 aromatic heterocycles. The number of fused-ring (bicyclic) bond motifs is 1. The minimum atomic E-state index is -0.205. The monoisotopic (exact) mass is 369 g/mol. The van der Waals surface area contributed by atoms with Crippen molar-refractivity contribution in [2.75, 3.05) is 7.11 Å². The quantitative estimate of drug-likeness (QED) is 0.572. The highest BCUT2D eigenvalue weighted by atomic mass is 16.5. The van der Waals surface area contributed by atoms with Gasteiger partial charge in [0.15, 0.2) is 0 Å². The third-order valence-corrected chi connectivity index (χ3v) is 4.53. The summed E-state index contributed by atoms with van der Waals surface area (Å²) >= 11 is 0. The molecule has 0 spiro atoms. The summed E-state index contributed by atoms with van der Waals surface area (Å²) in [7, 11) is 1.64. The zero-order valence-electron chi connectivity index (χ0n) is 15.4. The molecule has 28 heavy (non-hydrogen) atoms. The standard InChI is InChI=1S/C23H19N3O2/c1-28-19-10-7-17(8-11-19)20-15-24-14-18-9-12-21(26-22(18)20)23(27)25-13-16-5-3-2-4-6-16/h2-12,14-15H,13H2,1H3,(H,25,27). The SMILES string of the molecule is COc1ccc(-c2cncc3ccc(C(=O)NCc4ccccc4)nc23)cc1. The molecule has 5 heteroatoms. The van der Waals surface area contributed by atoms with Gasteiger partial charge in [-0.2, -0.15) is 0 Å². The van der Waals surface area contributed by atoms with Crippen molar-refractivity contribution in [1.82, 2.24) is 15.3 Å². The number of carbonyl (C=O) groups is 1. The van der Waals surface area contributed by atoms with Gasteiger partial charge >= 0.3 is 0 Å². The lowest BCUT2D eigenvalue weighted by molar-refractivity contribution is 0.0946. The van der Waals surface area contributed by atoms with Crippen LogP contribution in [0.25, 0.3) is 22.0 Å². The molecule has 0 fully saturated rings. The van der Waals surface area contributed by atoms with Crippen molar-refractivity contribution in [2.24, 2.45) is 0 Å². The maximum atomic E-state index is 12.6. The summed E-state index contributed by atoms with van der Waals surface area (Å²) in [5.41, 5.74) is 4.00. The van der Waals surface area contributed by atoms with Gasteiger partial charge in [-0.25, -0.2) is 4.98 Å². The third kappa shape index (κ3) is 3.69. The van der Waals surface area contributed by atoms with Gasteiger partial charge in [-0.15, -0.1) is 0 Å². The second-order valence-corrected chi connectivity index (χ2v) is 6.35. The topological polar surface area (TPSA) is 64.1 Å². The third-order valence-electron chi connectivity index (χ3n) is 4.53. The van der Waals surface area contributed by atoms with Crippen LogP contribution in [0, 0.1) is 0 Å². The van der Waals surface area contributed by atoms with Gasteiger partial charge in [0.1, 0.15) is 11.4 Å². The summed E-state index contributed by atoms with van der Waals surface area (Å²) in [6, 6.07) is 21.1. The predicted molar refractivity (Wildman–Crippen MR) is 109 cm³/mol. The Morgan fingerprint density at radius 1 is 0.964 bits per heavy atom. The van der Waals surface area contributed by atoms with Gasteiger partial charge in [-0.1, -0.05) is 42.5 Å². The zero-order chi connectivity index (χ0) is 19.3. The molecule has 0 atom stereocenters. The number of methoxy groups -OCH3 is 1. The fourth-order valence-electron chi connectivity index (χ4n) is 3.02. The van der Waals surface area contributed by atoms with E-state index in [4.69, 9.17) is 4.74 Å². The second-order valence-electron chi connectivity index (χ2n) is 6.35. The molecule has 0 aliphatic carbocycles. The zero-order valence-corrected chi connectivity index (χ0v) is 15.4. The molecule has 5 nitrogen and oxygen atoms in total. The molecule has 4 aromatic rings. The normalized spacial score (nSPS) is 10.6. The van der Waals surface area contributed by atoms with E-state index < -0.39 is 0 Å². The number of nitrogens with zero attached hydrogens (tertiary/aromatic N) is 2. The van der Waals surface area contributed by atoms with Crippen molar-refractivity contribution >= 4 is 16.8 Å². The second kappa shape index (κ2) is 7.88. The number of nitrogens with one attached hydrogen (secondary N) is 1. The van der Waals surface area contributed by atoms with Crippen LogP contribution < -0.4 is 10.1 Å². The minimum Gasteiger partial charge on any atom is -0.497 e. The minimum absolute atomic E-state index is 0.205. The number of benzene rings is 2. The number of aromatic nitrogens is 2. The van der Waals surface area contributed by atoms with Gasteiger partial charge in [-0.3, -0.25) is 9.78 Å². The summed E-state index contributed by atoms with van der Waals surface area (Å²) in [5, 5.41) is 3.80. The lowest BCUT2D eigenvalue weighted by Gasteiger charge is -2.09. The fraction of sp³-hybridized carbons (Fsp3) is 0.0870. The number of pyridine rings is 2. The summed E-state index contributed by atoms with van der Waals surface area (Å²) in [5.74, 6) is 0.578. The summed E-state index contributed by atoms with van der Waals surface area (Å²) < 4.78 is 5.22. The molecule has 0 aliphatic rings. The average molecular weight is 369 g/mol. The van der Waals surface area contributed by atoms with E-state index in [0.29, 0.717) is 12.2 Å². The van der Waals surface area contributed by atoms with E-state index >= 15 is 0 Å².